The number of hydrogen-bond donors (Lipinski definition) is 6. The number of halogens is 3. The van der Waals surface area contributed by atoms with Crippen molar-refractivity contribution >= 4 is 12.0 Å². The number of nitrogens with one attached hydrogen (secondary N) is 2. The highest BCUT2D eigenvalue weighted by Crippen LogP contribution is 2.23. The van der Waals surface area contributed by atoms with Gasteiger partial charge in [0.2, 0.25) is 5.91 Å². The van der Waals surface area contributed by atoms with E-state index >= 15 is 0 Å². The van der Waals surface area contributed by atoms with Crippen molar-refractivity contribution in [2.75, 3.05) is 13.1 Å². The van der Waals surface area contributed by atoms with Gasteiger partial charge in [-0.25, -0.2) is 4.79 Å². The van der Waals surface area contributed by atoms with Crippen LogP contribution in [0.5, 0.6) is 0 Å². The van der Waals surface area contributed by atoms with Crippen LogP contribution in [0.4, 0.5) is 18.0 Å². The number of aliphatic hydroxyl groups is 2. The van der Waals surface area contributed by atoms with Gasteiger partial charge in [-0.2, -0.15) is 13.2 Å². The van der Waals surface area contributed by atoms with Crippen molar-refractivity contribution in [2.45, 2.75) is 75.7 Å². The van der Waals surface area contributed by atoms with Gasteiger partial charge in [-0.15, -0.1) is 0 Å². The van der Waals surface area contributed by atoms with Crippen LogP contribution >= 0.6 is 0 Å². The quantitative estimate of drug-likeness (QED) is 0.217. The third-order valence-electron chi connectivity index (χ3n) is 6.42. The Kier molecular flexibility index (Phi) is 11.9. The molecule has 0 heterocycles. The smallest absolute Gasteiger partial charge is 0.412 e. The fraction of sp³-hybridized carbons (Fsp3) is 0.500. The molecule has 0 aliphatic carbocycles. The van der Waals surface area contributed by atoms with E-state index < -0.39 is 54.0 Å². The summed E-state index contributed by atoms with van der Waals surface area (Å²) in [6.07, 6.45) is -8.48. The van der Waals surface area contributed by atoms with Gasteiger partial charge in [-0.05, 0) is 44.7 Å². The lowest BCUT2D eigenvalue weighted by Gasteiger charge is -2.42. The Balaban J connectivity index is 2.15. The van der Waals surface area contributed by atoms with Crippen LogP contribution in [-0.2, 0) is 17.6 Å². The van der Waals surface area contributed by atoms with Gasteiger partial charge in [-0.1, -0.05) is 60.7 Å². The maximum absolute atomic E-state index is 13.0. The Morgan fingerprint density at radius 3 is 1.80 bits per heavy atom. The van der Waals surface area contributed by atoms with Gasteiger partial charge in [0.25, 0.3) is 0 Å². The lowest BCUT2D eigenvalue weighted by molar-refractivity contribution is -0.163. The first-order valence-electron chi connectivity index (χ1n) is 12.9. The molecule has 12 heteroatoms. The van der Waals surface area contributed by atoms with Gasteiger partial charge >= 0.3 is 12.3 Å². The van der Waals surface area contributed by atoms with Gasteiger partial charge in [0.05, 0.1) is 24.3 Å². The number of rotatable bonds is 13. The topological polar surface area (TPSA) is 148 Å². The average molecular weight is 569 g/mol. The number of carboxylic acid groups (broad SMARTS) is 1. The number of amides is 2. The first-order valence-corrected chi connectivity index (χ1v) is 12.9. The summed E-state index contributed by atoms with van der Waals surface area (Å²) in [4.78, 5) is 25.5. The summed E-state index contributed by atoms with van der Waals surface area (Å²) < 4.78 is 38.9. The molecule has 9 nitrogen and oxygen atoms in total. The van der Waals surface area contributed by atoms with Crippen molar-refractivity contribution in [1.82, 2.24) is 15.5 Å². The minimum Gasteiger partial charge on any atom is -0.465 e. The van der Waals surface area contributed by atoms with Crippen LogP contribution in [0.1, 0.15) is 31.9 Å². The largest absolute Gasteiger partial charge is 0.465 e. The lowest BCUT2D eigenvalue weighted by Crippen LogP contribution is -2.59. The first kappa shape index (κ1) is 33.0. The van der Waals surface area contributed by atoms with Crippen molar-refractivity contribution in [2.24, 2.45) is 5.73 Å². The molecule has 2 rings (SSSR count). The predicted octanol–water partition coefficient (Wildman–Crippen LogP) is 2.30. The van der Waals surface area contributed by atoms with E-state index in [0.29, 0.717) is 5.56 Å². The molecule has 2 amide bonds. The first-order chi connectivity index (χ1) is 18.6. The summed E-state index contributed by atoms with van der Waals surface area (Å²) in [6.45, 7) is 4.79. The molecular formula is C28H39F3N4O5. The molecule has 2 aromatic rings. The summed E-state index contributed by atoms with van der Waals surface area (Å²) in [5, 5.41) is 36.9. The van der Waals surface area contributed by atoms with Crippen LogP contribution in [0.2, 0.25) is 0 Å². The Morgan fingerprint density at radius 1 is 0.875 bits per heavy atom. The Labute approximate surface area is 232 Å². The number of nitrogens with two attached hydrogens (primary N) is 1. The van der Waals surface area contributed by atoms with E-state index in [1.807, 2.05) is 18.2 Å². The minimum absolute atomic E-state index is 0.0238. The molecule has 0 bridgehead atoms. The third kappa shape index (κ3) is 10.1. The van der Waals surface area contributed by atoms with Crippen LogP contribution in [0.15, 0.2) is 60.7 Å². The van der Waals surface area contributed by atoms with Gasteiger partial charge in [-0.3, -0.25) is 9.69 Å². The highest BCUT2D eigenvalue weighted by molar-refractivity contribution is 5.82. The van der Waals surface area contributed by atoms with Crippen molar-refractivity contribution in [1.29, 1.82) is 0 Å². The summed E-state index contributed by atoms with van der Waals surface area (Å²) in [5.41, 5.74) is 5.68. The molecule has 0 unspecified atom stereocenters. The molecule has 2 aromatic carbocycles. The molecule has 0 saturated carbocycles. The van der Waals surface area contributed by atoms with Gasteiger partial charge in [0.15, 0.2) is 6.04 Å². The second-order valence-electron chi connectivity index (χ2n) is 10.7. The number of alkyl halides is 3. The molecule has 0 aromatic heterocycles. The van der Waals surface area contributed by atoms with Crippen LogP contribution in [-0.4, -0.2) is 87.4 Å². The zero-order valence-corrected chi connectivity index (χ0v) is 22.8. The highest BCUT2D eigenvalue weighted by atomic mass is 19.4. The SMILES string of the molecule is CC(C)(C)N(C(=O)O)[C@@H](Cc1ccccc1)[C@H](O)CNC[C@@H](O)[C@H](Cc1ccccc1)NC(=O)[C@@H](N)C(F)(F)F. The predicted molar refractivity (Wildman–Crippen MR) is 145 cm³/mol. The summed E-state index contributed by atoms with van der Waals surface area (Å²) >= 11 is 0. The van der Waals surface area contributed by atoms with Gasteiger partial charge in [0, 0.05) is 18.6 Å². The van der Waals surface area contributed by atoms with Crippen LogP contribution in [0.3, 0.4) is 0 Å². The van der Waals surface area contributed by atoms with Crippen LogP contribution < -0.4 is 16.4 Å². The minimum atomic E-state index is -4.95. The van der Waals surface area contributed by atoms with E-state index in [4.69, 9.17) is 5.73 Å². The van der Waals surface area contributed by atoms with E-state index in [-0.39, 0.29) is 25.9 Å². The number of hydrogen-bond acceptors (Lipinski definition) is 6. The molecular weight excluding hydrogens is 529 g/mol. The second-order valence-corrected chi connectivity index (χ2v) is 10.7. The van der Waals surface area contributed by atoms with E-state index in [2.05, 4.69) is 10.6 Å². The number of carbonyl (C=O) groups excluding carboxylic acids is 1. The average Bonchev–Trinajstić information content (AvgIpc) is 2.86. The number of benzene rings is 2. The van der Waals surface area contributed by atoms with E-state index in [9.17, 15) is 38.1 Å². The van der Waals surface area contributed by atoms with E-state index in [0.717, 1.165) is 5.56 Å². The van der Waals surface area contributed by atoms with Crippen molar-refractivity contribution in [3.05, 3.63) is 71.8 Å². The summed E-state index contributed by atoms with van der Waals surface area (Å²) in [7, 11) is 0. The highest BCUT2D eigenvalue weighted by Gasteiger charge is 2.43. The molecule has 0 fully saturated rings. The molecule has 40 heavy (non-hydrogen) atoms. The Bertz CT molecular complexity index is 1070. The summed E-state index contributed by atoms with van der Waals surface area (Å²) in [6, 6.07) is 12.9. The molecule has 5 atom stereocenters. The zero-order valence-electron chi connectivity index (χ0n) is 22.8. The molecule has 0 spiro atoms. The molecule has 0 saturated heterocycles. The standard InChI is InChI=1S/C28H39F3N4O5/c1-27(2,3)35(26(39)40)21(15-19-12-8-5-9-13-19)23(37)17-33-16-22(36)20(14-18-10-6-4-7-11-18)34-25(38)24(32)28(29,30)31/h4-13,20-24,33,36-37H,14-17,32H2,1-3H3,(H,34,38)(H,39,40)/t20-,21-,22+,23+,24+/m0/s1. The lowest BCUT2D eigenvalue weighted by atomic mass is 9.94. The zero-order chi connectivity index (χ0) is 30.1. The number of nitrogens with zero attached hydrogens (tertiary/aromatic N) is 1. The Morgan fingerprint density at radius 2 is 1.35 bits per heavy atom. The van der Waals surface area contributed by atoms with Crippen molar-refractivity contribution in [3.8, 4) is 0 Å². The van der Waals surface area contributed by atoms with Crippen molar-refractivity contribution in [3.63, 3.8) is 0 Å². The Hall–Kier alpha value is -3.19. The fourth-order valence-corrected chi connectivity index (χ4v) is 4.41. The molecule has 222 valence electrons. The normalized spacial score (nSPS) is 15.9. The molecule has 7 N–H and O–H groups in total. The molecule has 0 aliphatic rings. The van der Waals surface area contributed by atoms with Crippen LogP contribution in [0.25, 0.3) is 0 Å². The maximum atomic E-state index is 13.0. The van der Waals surface area contributed by atoms with E-state index in [1.165, 1.54) is 4.90 Å². The maximum Gasteiger partial charge on any atom is 0.412 e. The molecule has 0 radical (unpaired) electrons. The fourth-order valence-electron chi connectivity index (χ4n) is 4.41. The van der Waals surface area contributed by atoms with E-state index in [1.54, 1.807) is 63.2 Å². The molecule has 0 aliphatic heterocycles. The third-order valence-corrected chi connectivity index (χ3v) is 6.42. The van der Waals surface area contributed by atoms with Crippen LogP contribution in [0, 0.1) is 0 Å². The van der Waals surface area contributed by atoms with Crippen molar-refractivity contribution < 1.29 is 38.1 Å². The number of aliphatic hydroxyl groups excluding tert-OH is 2. The summed E-state index contributed by atoms with van der Waals surface area (Å²) in [5.74, 6) is -1.47. The second kappa shape index (κ2) is 14.4. The monoisotopic (exact) mass is 568 g/mol. The van der Waals surface area contributed by atoms with Gasteiger partial charge < -0.3 is 31.7 Å². The number of carbonyl (C=O) groups is 2. The van der Waals surface area contributed by atoms with Gasteiger partial charge in [0.1, 0.15) is 0 Å².